The second-order valence-corrected chi connectivity index (χ2v) is 7.98. The Morgan fingerprint density at radius 3 is 2.77 bits per heavy atom. The topological polar surface area (TPSA) is 93.3 Å². The highest BCUT2D eigenvalue weighted by molar-refractivity contribution is 5.95. The van der Waals surface area contributed by atoms with Crippen LogP contribution in [-0.4, -0.2) is 51.1 Å². The maximum absolute atomic E-state index is 13.1. The van der Waals surface area contributed by atoms with Crippen molar-refractivity contribution in [3.63, 3.8) is 0 Å². The molecule has 1 N–H and O–H groups in total. The summed E-state index contributed by atoms with van der Waals surface area (Å²) in [6.07, 6.45) is 2.89. The van der Waals surface area contributed by atoms with E-state index in [9.17, 15) is 9.59 Å². The molecule has 8 nitrogen and oxygen atoms in total. The molecule has 0 saturated carbocycles. The monoisotopic (exact) mass is 421 g/mol. The highest BCUT2D eigenvalue weighted by Crippen LogP contribution is 2.22. The Labute approximate surface area is 181 Å². The Kier molecular flexibility index (Phi) is 6.16. The third kappa shape index (κ3) is 4.68. The molecule has 1 aliphatic heterocycles. The van der Waals surface area contributed by atoms with Crippen LogP contribution in [-0.2, 0) is 24.2 Å². The average Bonchev–Trinajstić information content (AvgIpc) is 3.39. The molecule has 1 aromatic carbocycles. The number of carbonyl (C=O) groups is 2. The molecule has 1 aliphatic rings. The molecule has 162 valence electrons. The number of rotatable bonds is 6. The van der Waals surface area contributed by atoms with Gasteiger partial charge >= 0.3 is 0 Å². The fraction of sp³-hybridized carbons (Fsp3) is 0.391. The number of carbonyl (C=O) groups excluding carboxylic acids is 2. The molecule has 0 aliphatic carbocycles. The van der Waals surface area contributed by atoms with E-state index in [-0.39, 0.29) is 17.7 Å². The lowest BCUT2D eigenvalue weighted by molar-refractivity contribution is -0.123. The maximum atomic E-state index is 13.1. The third-order valence-corrected chi connectivity index (χ3v) is 5.48. The third-order valence-electron chi connectivity index (χ3n) is 5.48. The van der Waals surface area contributed by atoms with Gasteiger partial charge in [-0.15, -0.1) is 10.2 Å². The first kappa shape index (κ1) is 20.8. The number of benzene rings is 1. The zero-order valence-electron chi connectivity index (χ0n) is 17.9. The standard InChI is InChI=1S/C23H27N5O3/c1-16(2)22(29)24-10-8-20-25-26-21-9-11-27(12-13-28(20)21)23(30)18-6-3-5-17(15-18)19-7-4-14-31-19/h3-7,14-16H,8-13H2,1-2H3,(H,24,29). The zero-order chi connectivity index (χ0) is 21.8. The molecule has 2 amide bonds. The average molecular weight is 422 g/mol. The van der Waals surface area contributed by atoms with Gasteiger partial charge in [0, 0.05) is 56.1 Å². The first-order valence-electron chi connectivity index (χ1n) is 10.6. The van der Waals surface area contributed by atoms with Gasteiger partial charge in [0.15, 0.2) is 0 Å². The molecule has 4 rings (SSSR count). The van der Waals surface area contributed by atoms with Crippen LogP contribution in [0.25, 0.3) is 11.3 Å². The van der Waals surface area contributed by atoms with E-state index in [1.54, 1.807) is 6.26 Å². The molecule has 0 saturated heterocycles. The fourth-order valence-corrected chi connectivity index (χ4v) is 3.70. The quantitative estimate of drug-likeness (QED) is 0.660. The summed E-state index contributed by atoms with van der Waals surface area (Å²) in [5, 5.41) is 11.5. The minimum atomic E-state index is -0.0404. The van der Waals surface area contributed by atoms with Crippen LogP contribution in [0.3, 0.4) is 0 Å². The highest BCUT2D eigenvalue weighted by Gasteiger charge is 2.23. The predicted molar refractivity (Wildman–Crippen MR) is 115 cm³/mol. The number of aromatic nitrogens is 3. The van der Waals surface area contributed by atoms with Crippen molar-refractivity contribution < 1.29 is 14.0 Å². The van der Waals surface area contributed by atoms with E-state index < -0.39 is 0 Å². The summed E-state index contributed by atoms with van der Waals surface area (Å²) in [7, 11) is 0. The van der Waals surface area contributed by atoms with Crippen LogP contribution in [0.2, 0.25) is 0 Å². The first-order chi connectivity index (χ1) is 15.0. The Hall–Kier alpha value is -3.42. The summed E-state index contributed by atoms with van der Waals surface area (Å²) in [6, 6.07) is 11.2. The Bertz CT molecular complexity index is 1060. The van der Waals surface area contributed by atoms with Gasteiger partial charge in [-0.1, -0.05) is 26.0 Å². The van der Waals surface area contributed by atoms with Crippen LogP contribution >= 0.6 is 0 Å². The van der Waals surface area contributed by atoms with Crippen LogP contribution in [0, 0.1) is 5.92 Å². The van der Waals surface area contributed by atoms with Crippen molar-refractivity contribution in [2.45, 2.75) is 33.2 Å². The van der Waals surface area contributed by atoms with Gasteiger partial charge in [-0.3, -0.25) is 9.59 Å². The van der Waals surface area contributed by atoms with Gasteiger partial charge in [0.25, 0.3) is 5.91 Å². The van der Waals surface area contributed by atoms with Gasteiger partial charge in [0.05, 0.1) is 6.26 Å². The van der Waals surface area contributed by atoms with Crippen molar-refractivity contribution in [2.24, 2.45) is 5.92 Å². The molecule has 0 radical (unpaired) electrons. The van der Waals surface area contributed by atoms with Gasteiger partial charge in [0.1, 0.15) is 17.4 Å². The number of furan rings is 1. The smallest absolute Gasteiger partial charge is 0.253 e. The Balaban J connectivity index is 1.41. The summed E-state index contributed by atoms with van der Waals surface area (Å²) in [5.74, 6) is 2.45. The summed E-state index contributed by atoms with van der Waals surface area (Å²) < 4.78 is 7.53. The molecule has 2 aromatic heterocycles. The van der Waals surface area contributed by atoms with Crippen molar-refractivity contribution in [3.05, 3.63) is 59.9 Å². The van der Waals surface area contributed by atoms with E-state index in [1.807, 2.05) is 55.1 Å². The summed E-state index contributed by atoms with van der Waals surface area (Å²) in [6.45, 7) is 6.08. The van der Waals surface area contributed by atoms with E-state index in [0.29, 0.717) is 44.6 Å². The Morgan fingerprint density at radius 2 is 2.00 bits per heavy atom. The fourth-order valence-electron chi connectivity index (χ4n) is 3.70. The lowest BCUT2D eigenvalue weighted by Gasteiger charge is -2.20. The van der Waals surface area contributed by atoms with E-state index >= 15 is 0 Å². The van der Waals surface area contributed by atoms with E-state index in [4.69, 9.17) is 4.42 Å². The molecular weight excluding hydrogens is 394 g/mol. The molecule has 0 atom stereocenters. The van der Waals surface area contributed by atoms with Crippen molar-refractivity contribution in [2.75, 3.05) is 19.6 Å². The van der Waals surface area contributed by atoms with Gasteiger partial charge in [-0.2, -0.15) is 0 Å². The summed E-state index contributed by atoms with van der Waals surface area (Å²) in [4.78, 5) is 26.8. The number of amides is 2. The lowest BCUT2D eigenvalue weighted by atomic mass is 10.1. The molecule has 3 heterocycles. The van der Waals surface area contributed by atoms with Gasteiger partial charge in [-0.25, -0.2) is 0 Å². The maximum Gasteiger partial charge on any atom is 0.253 e. The Morgan fingerprint density at radius 1 is 1.13 bits per heavy atom. The minimum Gasteiger partial charge on any atom is -0.464 e. The molecular formula is C23H27N5O3. The SMILES string of the molecule is CC(C)C(=O)NCCc1nnc2n1CCN(C(=O)c1cccc(-c3ccco3)c1)CC2. The molecule has 31 heavy (non-hydrogen) atoms. The normalized spacial score (nSPS) is 13.7. The molecule has 0 unspecified atom stereocenters. The van der Waals surface area contributed by atoms with E-state index in [2.05, 4.69) is 20.1 Å². The van der Waals surface area contributed by atoms with Crippen LogP contribution in [0.15, 0.2) is 47.1 Å². The summed E-state index contributed by atoms with van der Waals surface area (Å²) >= 11 is 0. The van der Waals surface area contributed by atoms with E-state index in [1.165, 1.54) is 0 Å². The van der Waals surface area contributed by atoms with E-state index in [0.717, 1.165) is 23.0 Å². The first-order valence-corrected chi connectivity index (χ1v) is 10.6. The van der Waals surface area contributed by atoms with Crippen LogP contribution in [0.5, 0.6) is 0 Å². The van der Waals surface area contributed by atoms with Gasteiger partial charge in [-0.05, 0) is 24.3 Å². The van der Waals surface area contributed by atoms with Crippen molar-refractivity contribution in [3.8, 4) is 11.3 Å². The van der Waals surface area contributed by atoms with Crippen molar-refractivity contribution >= 4 is 11.8 Å². The minimum absolute atomic E-state index is 0.00198. The van der Waals surface area contributed by atoms with Gasteiger partial charge in [0.2, 0.25) is 5.91 Å². The van der Waals surface area contributed by atoms with Crippen LogP contribution < -0.4 is 5.32 Å². The van der Waals surface area contributed by atoms with Crippen LogP contribution in [0.1, 0.15) is 35.9 Å². The number of hydrogen-bond acceptors (Lipinski definition) is 5. The second kappa shape index (κ2) is 9.16. The lowest BCUT2D eigenvalue weighted by Crippen LogP contribution is -2.34. The second-order valence-electron chi connectivity index (χ2n) is 7.98. The number of fused-ring (bicyclic) bond motifs is 1. The molecule has 3 aromatic rings. The largest absolute Gasteiger partial charge is 0.464 e. The van der Waals surface area contributed by atoms with Gasteiger partial charge < -0.3 is 19.2 Å². The van der Waals surface area contributed by atoms with Crippen molar-refractivity contribution in [1.29, 1.82) is 0 Å². The number of nitrogens with one attached hydrogen (secondary N) is 1. The highest BCUT2D eigenvalue weighted by atomic mass is 16.3. The van der Waals surface area contributed by atoms with Crippen LogP contribution in [0.4, 0.5) is 0 Å². The molecule has 0 bridgehead atoms. The summed E-state index contributed by atoms with van der Waals surface area (Å²) in [5.41, 5.74) is 1.52. The number of hydrogen-bond donors (Lipinski definition) is 1. The number of nitrogens with zero attached hydrogens (tertiary/aromatic N) is 4. The molecule has 0 spiro atoms. The molecule has 0 fully saturated rings. The predicted octanol–water partition coefficient (Wildman–Crippen LogP) is 2.55. The van der Waals surface area contributed by atoms with Crippen molar-refractivity contribution in [1.82, 2.24) is 25.0 Å². The zero-order valence-corrected chi connectivity index (χ0v) is 17.9. The molecule has 8 heteroatoms.